The van der Waals surface area contributed by atoms with E-state index < -0.39 is 5.97 Å². The number of esters is 1. The van der Waals surface area contributed by atoms with Gasteiger partial charge in [-0.15, -0.1) is 0 Å². The maximum Gasteiger partial charge on any atom is 0.358 e. The second kappa shape index (κ2) is 6.15. The Balaban J connectivity index is 1.91. The SMILES string of the molecule is CCOC(=O)c1cc2c(=O)[nH]c(-c3ccc4ccccc4c3)c(C)n2n1. The molecule has 6 nitrogen and oxygen atoms in total. The van der Waals surface area contributed by atoms with Gasteiger partial charge >= 0.3 is 5.97 Å². The summed E-state index contributed by atoms with van der Waals surface area (Å²) in [6.07, 6.45) is 0. The van der Waals surface area contributed by atoms with Gasteiger partial charge in [0.1, 0.15) is 5.52 Å². The topological polar surface area (TPSA) is 76.5 Å². The van der Waals surface area contributed by atoms with E-state index in [1.165, 1.54) is 10.6 Å². The number of ether oxygens (including phenoxy) is 1. The molecule has 0 bridgehead atoms. The van der Waals surface area contributed by atoms with Crippen molar-refractivity contribution in [1.29, 1.82) is 0 Å². The number of carbonyl (C=O) groups excluding carboxylic acids is 1. The molecular weight excluding hydrogens is 330 g/mol. The van der Waals surface area contributed by atoms with Gasteiger partial charge in [-0.25, -0.2) is 9.31 Å². The average molecular weight is 347 g/mol. The van der Waals surface area contributed by atoms with E-state index in [1.54, 1.807) is 6.92 Å². The predicted molar refractivity (Wildman–Crippen MR) is 99.4 cm³/mol. The molecule has 0 atom stereocenters. The van der Waals surface area contributed by atoms with Gasteiger partial charge in [0.2, 0.25) is 0 Å². The number of fused-ring (bicyclic) bond motifs is 2. The number of rotatable bonds is 3. The van der Waals surface area contributed by atoms with Crippen molar-refractivity contribution in [1.82, 2.24) is 14.6 Å². The van der Waals surface area contributed by atoms with E-state index in [0.29, 0.717) is 11.2 Å². The van der Waals surface area contributed by atoms with Crippen LogP contribution in [0.4, 0.5) is 0 Å². The highest BCUT2D eigenvalue weighted by atomic mass is 16.5. The maximum absolute atomic E-state index is 12.5. The lowest BCUT2D eigenvalue weighted by Gasteiger charge is -2.09. The number of nitrogens with one attached hydrogen (secondary N) is 1. The minimum absolute atomic E-state index is 0.121. The summed E-state index contributed by atoms with van der Waals surface area (Å²) in [5.74, 6) is -0.540. The first-order valence-electron chi connectivity index (χ1n) is 8.37. The fourth-order valence-corrected chi connectivity index (χ4v) is 3.10. The number of carbonyl (C=O) groups is 1. The first-order valence-corrected chi connectivity index (χ1v) is 8.37. The van der Waals surface area contributed by atoms with Crippen molar-refractivity contribution in [2.24, 2.45) is 0 Å². The van der Waals surface area contributed by atoms with Crippen molar-refractivity contribution < 1.29 is 9.53 Å². The molecule has 0 saturated heterocycles. The van der Waals surface area contributed by atoms with Gasteiger partial charge in [-0.1, -0.05) is 36.4 Å². The summed E-state index contributed by atoms with van der Waals surface area (Å²) in [4.78, 5) is 27.4. The van der Waals surface area contributed by atoms with Crippen LogP contribution in [0.25, 0.3) is 27.5 Å². The van der Waals surface area contributed by atoms with Crippen molar-refractivity contribution in [3.8, 4) is 11.3 Å². The first-order chi connectivity index (χ1) is 12.6. The molecule has 2 heterocycles. The minimum Gasteiger partial charge on any atom is -0.461 e. The van der Waals surface area contributed by atoms with E-state index in [0.717, 1.165) is 22.0 Å². The molecule has 0 aliphatic carbocycles. The van der Waals surface area contributed by atoms with E-state index in [-0.39, 0.29) is 17.9 Å². The molecule has 0 aliphatic rings. The maximum atomic E-state index is 12.5. The quantitative estimate of drug-likeness (QED) is 0.577. The van der Waals surface area contributed by atoms with Gasteiger partial charge in [0.05, 0.1) is 18.0 Å². The van der Waals surface area contributed by atoms with Crippen LogP contribution in [0, 0.1) is 6.92 Å². The van der Waals surface area contributed by atoms with Crippen LogP contribution in [0.15, 0.2) is 53.3 Å². The van der Waals surface area contributed by atoms with Crippen LogP contribution in [-0.4, -0.2) is 27.2 Å². The van der Waals surface area contributed by atoms with Gasteiger partial charge in [0, 0.05) is 11.6 Å². The Hall–Kier alpha value is -3.41. The van der Waals surface area contributed by atoms with E-state index in [9.17, 15) is 9.59 Å². The third-order valence-corrected chi connectivity index (χ3v) is 4.38. The number of hydrogen-bond acceptors (Lipinski definition) is 4. The van der Waals surface area contributed by atoms with E-state index >= 15 is 0 Å². The minimum atomic E-state index is -0.540. The number of aromatic amines is 1. The smallest absolute Gasteiger partial charge is 0.358 e. The number of nitrogens with zero attached hydrogens (tertiary/aromatic N) is 2. The van der Waals surface area contributed by atoms with Crippen LogP contribution in [0.1, 0.15) is 23.1 Å². The lowest BCUT2D eigenvalue weighted by atomic mass is 10.0. The molecule has 1 N–H and O–H groups in total. The van der Waals surface area contributed by atoms with Crippen molar-refractivity contribution in [3.05, 3.63) is 70.3 Å². The lowest BCUT2D eigenvalue weighted by Crippen LogP contribution is -2.14. The molecular formula is C20H17N3O3. The Labute approximate surface area is 149 Å². The average Bonchev–Trinajstić information content (AvgIpc) is 3.11. The highest BCUT2D eigenvalue weighted by molar-refractivity contribution is 5.89. The molecule has 0 unspecified atom stereocenters. The molecule has 0 spiro atoms. The van der Waals surface area contributed by atoms with Crippen LogP contribution in [0.3, 0.4) is 0 Å². The molecule has 4 aromatic rings. The van der Waals surface area contributed by atoms with Gasteiger partial charge in [0.15, 0.2) is 5.69 Å². The summed E-state index contributed by atoms with van der Waals surface area (Å²) in [6, 6.07) is 15.5. The molecule has 26 heavy (non-hydrogen) atoms. The van der Waals surface area contributed by atoms with Gasteiger partial charge in [-0.05, 0) is 30.7 Å². The van der Waals surface area contributed by atoms with Crippen LogP contribution in [0.2, 0.25) is 0 Å². The summed E-state index contributed by atoms with van der Waals surface area (Å²) in [6.45, 7) is 3.84. The molecule has 0 radical (unpaired) electrons. The summed E-state index contributed by atoms with van der Waals surface area (Å²) < 4.78 is 6.47. The summed E-state index contributed by atoms with van der Waals surface area (Å²) in [7, 11) is 0. The lowest BCUT2D eigenvalue weighted by molar-refractivity contribution is 0.0519. The largest absolute Gasteiger partial charge is 0.461 e. The van der Waals surface area contributed by atoms with Crippen molar-refractivity contribution in [2.75, 3.05) is 6.61 Å². The summed E-state index contributed by atoms with van der Waals surface area (Å²) in [5, 5.41) is 6.47. The van der Waals surface area contributed by atoms with Gasteiger partial charge in [-0.3, -0.25) is 4.79 Å². The number of aryl methyl sites for hydroxylation is 1. The van der Waals surface area contributed by atoms with E-state index in [1.807, 2.05) is 49.4 Å². The van der Waals surface area contributed by atoms with Crippen LogP contribution in [-0.2, 0) is 4.74 Å². The summed E-state index contributed by atoms with van der Waals surface area (Å²) >= 11 is 0. The van der Waals surface area contributed by atoms with Crippen molar-refractivity contribution >= 4 is 22.3 Å². The van der Waals surface area contributed by atoms with Crippen molar-refractivity contribution in [2.45, 2.75) is 13.8 Å². The van der Waals surface area contributed by atoms with Crippen LogP contribution >= 0.6 is 0 Å². The van der Waals surface area contributed by atoms with Gasteiger partial charge < -0.3 is 9.72 Å². The second-order valence-electron chi connectivity index (χ2n) is 6.02. The molecule has 6 heteroatoms. The fourth-order valence-electron chi connectivity index (χ4n) is 3.10. The number of H-pyrrole nitrogens is 1. The van der Waals surface area contributed by atoms with Gasteiger partial charge in [0.25, 0.3) is 5.56 Å². The molecule has 130 valence electrons. The zero-order chi connectivity index (χ0) is 18.3. The highest BCUT2D eigenvalue weighted by Gasteiger charge is 2.17. The van der Waals surface area contributed by atoms with Gasteiger partial charge in [-0.2, -0.15) is 5.10 Å². The van der Waals surface area contributed by atoms with Crippen LogP contribution in [0.5, 0.6) is 0 Å². The first kappa shape index (κ1) is 16.1. The molecule has 2 aromatic heterocycles. The monoisotopic (exact) mass is 347 g/mol. The number of benzene rings is 2. The van der Waals surface area contributed by atoms with E-state index in [4.69, 9.17) is 4.74 Å². The number of aromatic nitrogens is 3. The second-order valence-corrected chi connectivity index (χ2v) is 6.02. The molecule has 0 amide bonds. The Morgan fingerprint density at radius 2 is 1.92 bits per heavy atom. The molecule has 2 aromatic carbocycles. The number of hydrogen-bond donors (Lipinski definition) is 1. The summed E-state index contributed by atoms with van der Waals surface area (Å²) in [5.41, 5.74) is 2.43. The molecule has 4 rings (SSSR count). The zero-order valence-electron chi connectivity index (χ0n) is 14.4. The third-order valence-electron chi connectivity index (χ3n) is 4.38. The van der Waals surface area contributed by atoms with Crippen molar-refractivity contribution in [3.63, 3.8) is 0 Å². The van der Waals surface area contributed by atoms with Crippen LogP contribution < -0.4 is 5.56 Å². The Bertz CT molecular complexity index is 1200. The Morgan fingerprint density at radius 3 is 2.69 bits per heavy atom. The predicted octanol–water partition coefficient (Wildman–Crippen LogP) is 3.33. The van der Waals surface area contributed by atoms with E-state index in [2.05, 4.69) is 10.1 Å². The highest BCUT2D eigenvalue weighted by Crippen LogP contribution is 2.25. The molecule has 0 aliphatic heterocycles. The fraction of sp³-hybridized carbons (Fsp3) is 0.150. The molecule has 0 saturated carbocycles. The third kappa shape index (κ3) is 2.56. The molecule has 0 fully saturated rings. The Kier molecular flexibility index (Phi) is 3.80. The normalized spacial score (nSPS) is 11.2. The standard InChI is InChI=1S/C20H17N3O3/c1-3-26-20(25)16-11-17-19(24)21-18(12(2)23(17)22-16)15-9-8-13-6-4-5-7-14(13)10-15/h4-11H,3H2,1-2H3,(H,21,24). The zero-order valence-corrected chi connectivity index (χ0v) is 14.4. The Morgan fingerprint density at radius 1 is 1.15 bits per heavy atom.